The van der Waals surface area contributed by atoms with E-state index in [0.29, 0.717) is 6.42 Å². The first kappa shape index (κ1) is 14.5. The first-order valence-electron chi connectivity index (χ1n) is 7.68. The summed E-state index contributed by atoms with van der Waals surface area (Å²) in [6.45, 7) is 7.68. The summed E-state index contributed by atoms with van der Waals surface area (Å²) in [6, 6.07) is -0.322. The molecule has 0 aromatic rings. The van der Waals surface area contributed by atoms with Crippen molar-refractivity contribution in [3.63, 3.8) is 0 Å². The van der Waals surface area contributed by atoms with Crippen LogP contribution in [0.1, 0.15) is 26.7 Å². The lowest BCUT2D eigenvalue weighted by molar-refractivity contribution is -0.143. The molecule has 1 heterocycles. The molecule has 2 aliphatic carbocycles. The van der Waals surface area contributed by atoms with Gasteiger partial charge in [-0.1, -0.05) is 32.1 Å². The summed E-state index contributed by atoms with van der Waals surface area (Å²) in [7, 11) is 0. The first-order chi connectivity index (χ1) is 9.89. The van der Waals surface area contributed by atoms with Crippen LogP contribution in [-0.2, 0) is 9.59 Å². The molecule has 3 aliphatic rings. The van der Waals surface area contributed by atoms with Gasteiger partial charge in [0.1, 0.15) is 0 Å². The number of carbonyl (C=O) groups excluding carboxylic acids is 2. The van der Waals surface area contributed by atoms with Crippen LogP contribution in [0.5, 0.6) is 0 Å². The van der Waals surface area contributed by atoms with Crippen molar-refractivity contribution in [2.75, 3.05) is 6.61 Å². The smallest absolute Gasteiger partial charge is 0.234 e. The van der Waals surface area contributed by atoms with E-state index >= 15 is 0 Å². The van der Waals surface area contributed by atoms with Gasteiger partial charge in [0.25, 0.3) is 0 Å². The number of hydrogen-bond donors (Lipinski definition) is 1. The molecule has 0 spiro atoms. The van der Waals surface area contributed by atoms with E-state index in [-0.39, 0.29) is 53.5 Å². The van der Waals surface area contributed by atoms with Crippen molar-refractivity contribution in [3.05, 3.63) is 24.8 Å². The molecule has 5 unspecified atom stereocenters. The third kappa shape index (κ3) is 2.08. The van der Waals surface area contributed by atoms with Crippen molar-refractivity contribution in [2.24, 2.45) is 29.1 Å². The lowest BCUT2D eigenvalue weighted by Crippen LogP contribution is -2.43. The molecule has 4 nitrogen and oxygen atoms in total. The highest BCUT2D eigenvalue weighted by Crippen LogP contribution is 2.53. The summed E-state index contributed by atoms with van der Waals surface area (Å²) in [5.41, 5.74) is -0.339. The van der Waals surface area contributed by atoms with Gasteiger partial charge in [0.05, 0.1) is 17.9 Å². The maximum absolute atomic E-state index is 12.7. The molecule has 1 N–H and O–H groups in total. The third-order valence-corrected chi connectivity index (χ3v) is 5.30. The number of likely N-dealkylation sites (tertiary alicyclic amines) is 1. The number of rotatable bonds is 5. The molecule has 114 valence electrons. The Bertz CT molecular complexity index is 492. The molecule has 4 heteroatoms. The normalized spacial score (nSPS) is 35.5. The number of amides is 2. The van der Waals surface area contributed by atoms with Crippen molar-refractivity contribution in [2.45, 2.75) is 32.7 Å². The van der Waals surface area contributed by atoms with E-state index < -0.39 is 0 Å². The molecule has 1 aliphatic heterocycles. The Labute approximate surface area is 125 Å². The average Bonchev–Trinajstić information content (AvgIpc) is 3.11. The van der Waals surface area contributed by atoms with E-state index in [1.807, 2.05) is 13.8 Å². The van der Waals surface area contributed by atoms with Crippen LogP contribution < -0.4 is 0 Å². The van der Waals surface area contributed by atoms with Crippen LogP contribution in [0.15, 0.2) is 24.8 Å². The van der Waals surface area contributed by atoms with E-state index in [2.05, 4.69) is 18.7 Å². The topological polar surface area (TPSA) is 57.6 Å². The molecule has 0 radical (unpaired) electrons. The van der Waals surface area contributed by atoms with Crippen LogP contribution in [0, 0.1) is 29.1 Å². The minimum atomic E-state index is -0.339. The molecule has 21 heavy (non-hydrogen) atoms. The molecule has 0 aromatic heterocycles. The van der Waals surface area contributed by atoms with Gasteiger partial charge >= 0.3 is 0 Å². The summed E-state index contributed by atoms with van der Waals surface area (Å²) >= 11 is 0. The van der Waals surface area contributed by atoms with Crippen LogP contribution in [0.3, 0.4) is 0 Å². The lowest BCUT2D eigenvalue weighted by atomic mass is 9.85. The number of fused-ring (bicyclic) bond motifs is 5. The zero-order valence-corrected chi connectivity index (χ0v) is 12.7. The van der Waals surface area contributed by atoms with E-state index in [9.17, 15) is 14.7 Å². The zero-order chi connectivity index (χ0) is 15.4. The SMILES string of the molecule is C=CC(CC(C)(C)CO)N1C(=O)C2C3C=CC(C3)C2C1=O. The first-order valence-corrected chi connectivity index (χ1v) is 7.68. The van der Waals surface area contributed by atoms with Gasteiger partial charge < -0.3 is 5.11 Å². The van der Waals surface area contributed by atoms with Gasteiger partial charge in [-0.2, -0.15) is 0 Å². The Kier molecular flexibility index (Phi) is 3.32. The fourth-order valence-corrected chi connectivity index (χ4v) is 4.16. The van der Waals surface area contributed by atoms with Gasteiger partial charge in [0, 0.05) is 6.61 Å². The van der Waals surface area contributed by atoms with Crippen LogP contribution in [-0.4, -0.2) is 34.5 Å². The molecular formula is C17H23NO3. The Balaban J connectivity index is 1.84. The molecule has 2 bridgehead atoms. The summed E-state index contributed by atoms with van der Waals surface area (Å²) < 4.78 is 0. The monoisotopic (exact) mass is 289 g/mol. The molecule has 2 amide bonds. The van der Waals surface area contributed by atoms with Crippen LogP contribution in [0.25, 0.3) is 0 Å². The number of carbonyl (C=O) groups is 2. The van der Waals surface area contributed by atoms with Crippen LogP contribution >= 0.6 is 0 Å². The van der Waals surface area contributed by atoms with E-state index in [0.717, 1.165) is 6.42 Å². The van der Waals surface area contributed by atoms with E-state index in [1.54, 1.807) is 6.08 Å². The number of hydrogen-bond acceptors (Lipinski definition) is 3. The van der Waals surface area contributed by atoms with Crippen molar-refractivity contribution in [1.82, 2.24) is 4.90 Å². The molecular weight excluding hydrogens is 266 g/mol. The molecule has 5 atom stereocenters. The Morgan fingerprint density at radius 3 is 2.29 bits per heavy atom. The van der Waals surface area contributed by atoms with Crippen molar-refractivity contribution >= 4 is 11.8 Å². The maximum atomic E-state index is 12.7. The molecule has 2 fully saturated rings. The highest BCUT2D eigenvalue weighted by molar-refractivity contribution is 6.06. The van der Waals surface area contributed by atoms with Gasteiger partial charge in [0.15, 0.2) is 0 Å². The van der Waals surface area contributed by atoms with Gasteiger partial charge in [0.2, 0.25) is 11.8 Å². The predicted octanol–water partition coefficient (Wildman–Crippen LogP) is 1.76. The average molecular weight is 289 g/mol. The highest BCUT2D eigenvalue weighted by atomic mass is 16.3. The number of allylic oxidation sites excluding steroid dienone is 2. The number of imide groups is 1. The third-order valence-electron chi connectivity index (χ3n) is 5.30. The van der Waals surface area contributed by atoms with E-state index in [4.69, 9.17) is 0 Å². The highest BCUT2D eigenvalue weighted by Gasteiger charge is 2.60. The van der Waals surface area contributed by atoms with Gasteiger partial charge in [-0.25, -0.2) is 0 Å². The summed E-state index contributed by atoms with van der Waals surface area (Å²) in [6.07, 6.45) is 7.36. The van der Waals surface area contributed by atoms with Gasteiger partial charge in [-0.15, -0.1) is 6.58 Å². The maximum Gasteiger partial charge on any atom is 0.234 e. The van der Waals surface area contributed by atoms with Gasteiger partial charge in [-0.3, -0.25) is 14.5 Å². The largest absolute Gasteiger partial charge is 0.396 e. The van der Waals surface area contributed by atoms with Crippen LogP contribution in [0.2, 0.25) is 0 Å². The summed E-state index contributed by atoms with van der Waals surface area (Å²) in [5.74, 6) is 0.0656. The van der Waals surface area contributed by atoms with Crippen molar-refractivity contribution < 1.29 is 14.7 Å². The Hall–Kier alpha value is -1.42. The minimum Gasteiger partial charge on any atom is -0.396 e. The van der Waals surface area contributed by atoms with E-state index in [1.165, 1.54) is 4.90 Å². The Morgan fingerprint density at radius 1 is 1.33 bits per heavy atom. The standard InChI is InChI=1S/C17H23NO3/c1-4-12(8-17(2,3)9-19)18-15(20)13-10-5-6-11(7-10)14(13)16(18)21/h4-6,10-14,19H,1,7-9H2,2-3H3. The quantitative estimate of drug-likeness (QED) is 0.620. The fraction of sp³-hybridized carbons (Fsp3) is 0.647. The second-order valence-electron chi connectivity index (χ2n) is 7.38. The second kappa shape index (κ2) is 4.80. The van der Waals surface area contributed by atoms with Crippen LogP contribution in [0.4, 0.5) is 0 Å². The fourth-order valence-electron chi connectivity index (χ4n) is 4.16. The summed E-state index contributed by atoms with van der Waals surface area (Å²) in [4.78, 5) is 26.9. The zero-order valence-electron chi connectivity index (χ0n) is 12.7. The Morgan fingerprint density at radius 2 is 1.86 bits per heavy atom. The minimum absolute atomic E-state index is 0.0211. The lowest BCUT2D eigenvalue weighted by Gasteiger charge is -2.31. The predicted molar refractivity (Wildman–Crippen MR) is 79.0 cm³/mol. The molecule has 0 aromatic carbocycles. The number of nitrogens with zero attached hydrogens (tertiary/aromatic N) is 1. The van der Waals surface area contributed by atoms with Crippen molar-refractivity contribution in [3.8, 4) is 0 Å². The van der Waals surface area contributed by atoms with Gasteiger partial charge in [-0.05, 0) is 30.1 Å². The molecule has 3 rings (SSSR count). The molecule has 1 saturated carbocycles. The number of aliphatic hydroxyl groups excluding tert-OH is 1. The van der Waals surface area contributed by atoms with Crippen molar-refractivity contribution in [1.29, 1.82) is 0 Å². The summed E-state index contributed by atoms with van der Waals surface area (Å²) in [5, 5.41) is 9.44. The molecule has 1 saturated heterocycles. The second-order valence-corrected chi connectivity index (χ2v) is 7.38. The number of aliphatic hydroxyl groups is 1.